The van der Waals surface area contributed by atoms with Crippen LogP contribution in [0.15, 0.2) is 11.3 Å². The summed E-state index contributed by atoms with van der Waals surface area (Å²) in [6, 6.07) is 0. The summed E-state index contributed by atoms with van der Waals surface area (Å²) in [4.78, 5) is 0. The maximum Gasteiger partial charge on any atom is 0.531 e. The first-order valence-electron chi connectivity index (χ1n) is 4.05. The van der Waals surface area contributed by atoms with Crippen molar-refractivity contribution in [2.45, 2.75) is 13.3 Å². The Labute approximate surface area is 74.7 Å². The quantitative estimate of drug-likeness (QED) is 0.624. The summed E-state index contributed by atoms with van der Waals surface area (Å²) in [5.41, 5.74) is 0. The highest BCUT2D eigenvalue weighted by molar-refractivity contribution is 6.69. The van der Waals surface area contributed by atoms with Gasteiger partial charge in [0.15, 0.2) is 0 Å². The first kappa shape index (κ1) is 9.92. The van der Waals surface area contributed by atoms with Crippen molar-refractivity contribution in [3.8, 4) is 0 Å². The van der Waals surface area contributed by atoms with Crippen molar-refractivity contribution >= 4 is 8.80 Å². The number of rotatable bonds is 4. The summed E-state index contributed by atoms with van der Waals surface area (Å²) in [6.07, 6.45) is 3.21. The molecule has 0 aromatic heterocycles. The van der Waals surface area contributed by atoms with Crippen molar-refractivity contribution in [3.05, 3.63) is 11.3 Å². The summed E-state index contributed by atoms with van der Waals surface area (Å²) < 4.78 is 15.9. The SMILES string of the molecule is CO[Si](OC)(OC)C1=CC(C)C1. The Kier molecular flexibility index (Phi) is 3.06. The number of hydrogen-bond acceptors (Lipinski definition) is 3. The molecular formula is C8H16O3Si. The van der Waals surface area contributed by atoms with Gasteiger partial charge in [-0.2, -0.15) is 0 Å². The molecular weight excluding hydrogens is 172 g/mol. The minimum absolute atomic E-state index is 0.646. The zero-order chi connectivity index (χ0) is 9.19. The normalized spacial score (nSPS) is 23.3. The molecule has 0 bridgehead atoms. The predicted octanol–water partition coefficient (Wildman–Crippen LogP) is 1.37. The highest BCUT2D eigenvalue weighted by Crippen LogP contribution is 2.33. The van der Waals surface area contributed by atoms with Gasteiger partial charge in [0.25, 0.3) is 0 Å². The van der Waals surface area contributed by atoms with Gasteiger partial charge in [0.2, 0.25) is 0 Å². The molecule has 4 heteroatoms. The Morgan fingerprint density at radius 2 is 1.67 bits per heavy atom. The third kappa shape index (κ3) is 1.47. The summed E-state index contributed by atoms with van der Waals surface area (Å²) in [6.45, 7) is 2.17. The van der Waals surface area contributed by atoms with E-state index in [-0.39, 0.29) is 0 Å². The fraction of sp³-hybridized carbons (Fsp3) is 0.750. The number of hydrogen-bond donors (Lipinski definition) is 0. The molecule has 0 aromatic carbocycles. The Bertz CT molecular complexity index is 178. The second kappa shape index (κ2) is 3.70. The van der Waals surface area contributed by atoms with Gasteiger partial charge in [-0.1, -0.05) is 13.0 Å². The highest BCUT2D eigenvalue weighted by Gasteiger charge is 2.46. The van der Waals surface area contributed by atoms with Gasteiger partial charge in [-0.25, -0.2) is 0 Å². The molecule has 1 rings (SSSR count). The van der Waals surface area contributed by atoms with Crippen molar-refractivity contribution < 1.29 is 13.3 Å². The highest BCUT2D eigenvalue weighted by atomic mass is 28.4. The van der Waals surface area contributed by atoms with Gasteiger partial charge in [0.05, 0.1) is 0 Å². The van der Waals surface area contributed by atoms with Crippen LogP contribution in [-0.2, 0) is 13.3 Å². The van der Waals surface area contributed by atoms with Gasteiger partial charge in [-0.05, 0) is 17.5 Å². The van der Waals surface area contributed by atoms with Gasteiger partial charge in [-0.15, -0.1) is 0 Å². The van der Waals surface area contributed by atoms with E-state index in [0.717, 1.165) is 6.42 Å². The minimum atomic E-state index is -2.41. The molecule has 0 saturated heterocycles. The summed E-state index contributed by atoms with van der Waals surface area (Å²) in [5, 5.41) is 1.21. The van der Waals surface area contributed by atoms with Crippen LogP contribution in [0.3, 0.4) is 0 Å². The standard InChI is InChI=1S/C8H16O3Si/c1-7-5-8(6-7)12(9-2,10-3)11-4/h5,7H,6H2,1-4H3. The molecule has 0 aromatic rings. The Morgan fingerprint density at radius 3 is 1.92 bits per heavy atom. The van der Waals surface area contributed by atoms with Crippen LogP contribution in [-0.4, -0.2) is 30.1 Å². The van der Waals surface area contributed by atoms with E-state index in [1.807, 2.05) is 0 Å². The smallest absolute Gasteiger partial charge is 0.374 e. The molecule has 0 amide bonds. The predicted molar refractivity (Wildman–Crippen MR) is 48.6 cm³/mol. The first-order valence-corrected chi connectivity index (χ1v) is 5.77. The van der Waals surface area contributed by atoms with Gasteiger partial charge in [0.1, 0.15) is 0 Å². The van der Waals surface area contributed by atoms with Crippen LogP contribution in [0.4, 0.5) is 0 Å². The van der Waals surface area contributed by atoms with E-state index in [9.17, 15) is 0 Å². The fourth-order valence-electron chi connectivity index (χ4n) is 1.53. The minimum Gasteiger partial charge on any atom is -0.374 e. The van der Waals surface area contributed by atoms with Crippen molar-refractivity contribution in [1.29, 1.82) is 0 Å². The average molecular weight is 188 g/mol. The summed E-state index contributed by atoms with van der Waals surface area (Å²) >= 11 is 0. The first-order chi connectivity index (χ1) is 5.68. The lowest BCUT2D eigenvalue weighted by Gasteiger charge is -2.33. The van der Waals surface area contributed by atoms with Crippen LogP contribution in [0, 0.1) is 5.92 Å². The van der Waals surface area contributed by atoms with Gasteiger partial charge in [-0.3, -0.25) is 0 Å². The van der Waals surface area contributed by atoms with Crippen molar-refractivity contribution in [2.75, 3.05) is 21.3 Å². The second-order valence-corrected chi connectivity index (χ2v) is 6.02. The van der Waals surface area contributed by atoms with Crippen LogP contribution in [0.2, 0.25) is 0 Å². The molecule has 0 heterocycles. The lowest BCUT2D eigenvalue weighted by atomic mass is 9.98. The molecule has 1 atom stereocenters. The molecule has 0 radical (unpaired) electrons. The van der Waals surface area contributed by atoms with Crippen molar-refractivity contribution in [3.63, 3.8) is 0 Å². The van der Waals surface area contributed by atoms with E-state index in [1.165, 1.54) is 5.20 Å². The summed E-state index contributed by atoms with van der Waals surface area (Å²) in [5.74, 6) is 0.646. The van der Waals surface area contributed by atoms with Crippen molar-refractivity contribution in [1.82, 2.24) is 0 Å². The molecule has 0 fully saturated rings. The topological polar surface area (TPSA) is 27.7 Å². The van der Waals surface area contributed by atoms with Gasteiger partial charge < -0.3 is 13.3 Å². The maximum atomic E-state index is 5.31. The lowest BCUT2D eigenvalue weighted by molar-refractivity contribution is 0.130. The monoisotopic (exact) mass is 188 g/mol. The van der Waals surface area contributed by atoms with E-state index in [2.05, 4.69) is 13.0 Å². The van der Waals surface area contributed by atoms with Crippen LogP contribution in [0.5, 0.6) is 0 Å². The molecule has 0 spiro atoms. The van der Waals surface area contributed by atoms with Crippen molar-refractivity contribution in [2.24, 2.45) is 5.92 Å². The summed E-state index contributed by atoms with van der Waals surface area (Å²) in [7, 11) is 2.51. The molecule has 0 aliphatic heterocycles. The average Bonchev–Trinajstić information content (AvgIpc) is 2.05. The molecule has 0 saturated carbocycles. The molecule has 0 N–H and O–H groups in total. The Hall–Kier alpha value is -0.163. The van der Waals surface area contributed by atoms with E-state index >= 15 is 0 Å². The third-order valence-corrected chi connectivity index (χ3v) is 5.00. The van der Waals surface area contributed by atoms with Gasteiger partial charge >= 0.3 is 8.80 Å². The largest absolute Gasteiger partial charge is 0.531 e. The molecule has 12 heavy (non-hydrogen) atoms. The maximum absolute atomic E-state index is 5.31. The van der Waals surface area contributed by atoms with E-state index in [1.54, 1.807) is 21.3 Å². The fourth-order valence-corrected chi connectivity index (χ4v) is 3.87. The zero-order valence-electron chi connectivity index (χ0n) is 8.09. The molecule has 3 nitrogen and oxygen atoms in total. The molecule has 70 valence electrons. The molecule has 1 aliphatic rings. The molecule has 1 unspecified atom stereocenters. The van der Waals surface area contributed by atoms with Crippen LogP contribution in [0.25, 0.3) is 0 Å². The van der Waals surface area contributed by atoms with Crippen LogP contribution >= 0.6 is 0 Å². The number of allylic oxidation sites excluding steroid dienone is 2. The van der Waals surface area contributed by atoms with E-state index < -0.39 is 8.80 Å². The Morgan fingerprint density at radius 1 is 1.25 bits per heavy atom. The van der Waals surface area contributed by atoms with E-state index in [0.29, 0.717) is 5.92 Å². The Balaban J connectivity index is 2.72. The zero-order valence-corrected chi connectivity index (χ0v) is 9.09. The second-order valence-electron chi connectivity index (χ2n) is 3.04. The van der Waals surface area contributed by atoms with Crippen LogP contribution in [0.1, 0.15) is 13.3 Å². The van der Waals surface area contributed by atoms with Crippen LogP contribution < -0.4 is 0 Å². The lowest BCUT2D eigenvalue weighted by Crippen LogP contribution is -2.48. The third-order valence-electron chi connectivity index (χ3n) is 2.23. The molecule has 1 aliphatic carbocycles. The van der Waals surface area contributed by atoms with E-state index in [4.69, 9.17) is 13.3 Å². The van der Waals surface area contributed by atoms with Gasteiger partial charge in [0, 0.05) is 21.3 Å².